The summed E-state index contributed by atoms with van der Waals surface area (Å²) < 4.78 is 31.6. The van der Waals surface area contributed by atoms with E-state index in [0.29, 0.717) is 38.5 Å². The van der Waals surface area contributed by atoms with Gasteiger partial charge in [-0.15, -0.1) is 0 Å². The van der Waals surface area contributed by atoms with E-state index in [0.717, 1.165) is 12.8 Å². The molecule has 0 amide bonds. The Labute approximate surface area is 103 Å². The first-order valence-electron chi connectivity index (χ1n) is 6.32. The molecule has 0 aromatic rings. The highest BCUT2D eigenvalue weighted by Gasteiger charge is 2.40. The van der Waals surface area contributed by atoms with Crippen molar-refractivity contribution in [1.29, 1.82) is 0 Å². The zero-order chi connectivity index (χ0) is 12.5. The lowest BCUT2D eigenvalue weighted by Crippen LogP contribution is -2.48. The van der Waals surface area contributed by atoms with E-state index in [1.165, 1.54) is 4.31 Å². The molecule has 0 aromatic heterocycles. The molecule has 0 radical (unpaired) electrons. The van der Waals surface area contributed by atoms with Gasteiger partial charge in [0, 0.05) is 32.8 Å². The van der Waals surface area contributed by atoms with Crippen LogP contribution in [0.1, 0.15) is 25.7 Å². The van der Waals surface area contributed by atoms with Crippen molar-refractivity contribution in [2.75, 3.05) is 26.8 Å². The van der Waals surface area contributed by atoms with Gasteiger partial charge in [0.05, 0.1) is 5.25 Å². The second-order valence-corrected chi connectivity index (χ2v) is 7.29. The predicted molar refractivity (Wildman–Crippen MR) is 66.1 cm³/mol. The number of nitrogens with two attached hydrogens (primary N) is 1. The maximum atomic E-state index is 12.4. The molecule has 5 nitrogen and oxygen atoms in total. The summed E-state index contributed by atoms with van der Waals surface area (Å²) in [6.07, 6.45) is 3.42. The van der Waals surface area contributed by atoms with E-state index >= 15 is 0 Å². The van der Waals surface area contributed by atoms with Crippen molar-refractivity contribution in [3.05, 3.63) is 0 Å². The average molecular weight is 262 g/mol. The lowest BCUT2D eigenvalue weighted by atomic mass is 10.2. The number of hydrogen-bond donors (Lipinski definition) is 1. The van der Waals surface area contributed by atoms with E-state index in [2.05, 4.69) is 0 Å². The van der Waals surface area contributed by atoms with E-state index < -0.39 is 10.0 Å². The molecular formula is C11H22N2O3S. The van der Waals surface area contributed by atoms with Gasteiger partial charge in [-0.1, -0.05) is 0 Å². The molecular weight excluding hydrogens is 240 g/mol. The maximum absolute atomic E-state index is 12.4. The van der Waals surface area contributed by atoms with Crippen molar-refractivity contribution in [3.8, 4) is 0 Å². The van der Waals surface area contributed by atoms with Gasteiger partial charge in [0.15, 0.2) is 0 Å². The van der Waals surface area contributed by atoms with Gasteiger partial charge in [-0.25, -0.2) is 12.7 Å². The molecule has 2 N–H and O–H groups in total. The predicted octanol–water partition coefficient (Wildman–Crippen LogP) is 0.164. The standard InChI is InChI=1S/C11H22N2O3S/c1-13(11(8-12)9-2-3-9)17(14,15)10-4-6-16-7-5-10/h9-11H,2-8,12H2,1H3. The van der Waals surface area contributed by atoms with Crippen molar-refractivity contribution >= 4 is 10.0 Å². The Hall–Kier alpha value is -0.170. The quantitative estimate of drug-likeness (QED) is 0.766. The van der Waals surface area contributed by atoms with Crippen LogP contribution in [0.2, 0.25) is 0 Å². The first-order valence-corrected chi connectivity index (χ1v) is 7.82. The van der Waals surface area contributed by atoms with Gasteiger partial charge in [0.25, 0.3) is 0 Å². The summed E-state index contributed by atoms with van der Waals surface area (Å²) in [5.74, 6) is 0.472. The third kappa shape index (κ3) is 2.81. The van der Waals surface area contributed by atoms with Gasteiger partial charge in [-0.2, -0.15) is 0 Å². The lowest BCUT2D eigenvalue weighted by molar-refractivity contribution is 0.0970. The summed E-state index contributed by atoms with van der Waals surface area (Å²) >= 11 is 0. The molecule has 6 heteroatoms. The SMILES string of the molecule is CN(C(CN)C1CC1)S(=O)(=O)C1CCOCC1. The molecule has 2 fully saturated rings. The van der Waals surface area contributed by atoms with Gasteiger partial charge in [-0.3, -0.25) is 0 Å². The van der Waals surface area contributed by atoms with Crippen molar-refractivity contribution < 1.29 is 13.2 Å². The van der Waals surface area contributed by atoms with Crippen LogP contribution in [0.5, 0.6) is 0 Å². The molecule has 1 saturated heterocycles. The maximum Gasteiger partial charge on any atom is 0.217 e. The second kappa shape index (κ2) is 5.22. The van der Waals surface area contributed by atoms with E-state index in [9.17, 15) is 8.42 Å². The van der Waals surface area contributed by atoms with Crippen molar-refractivity contribution in [2.24, 2.45) is 11.7 Å². The molecule has 1 heterocycles. The summed E-state index contributed by atoms with van der Waals surface area (Å²) in [5, 5.41) is -0.283. The molecule has 1 saturated carbocycles. The Balaban J connectivity index is 2.07. The van der Waals surface area contributed by atoms with E-state index in [1.54, 1.807) is 7.05 Å². The summed E-state index contributed by atoms with van der Waals surface area (Å²) in [4.78, 5) is 0. The van der Waals surface area contributed by atoms with Crippen LogP contribution in [0.25, 0.3) is 0 Å². The van der Waals surface area contributed by atoms with Gasteiger partial charge in [0.2, 0.25) is 10.0 Å². The van der Waals surface area contributed by atoms with Gasteiger partial charge >= 0.3 is 0 Å². The second-order valence-electron chi connectivity index (χ2n) is 5.01. The number of rotatable bonds is 5. The molecule has 2 rings (SSSR count). The molecule has 2 aliphatic rings. The third-order valence-corrected chi connectivity index (χ3v) is 6.25. The van der Waals surface area contributed by atoms with Crippen LogP contribution in [-0.4, -0.2) is 50.8 Å². The Kier molecular flexibility index (Phi) is 4.07. The Morgan fingerprint density at radius 3 is 2.35 bits per heavy atom. The largest absolute Gasteiger partial charge is 0.381 e. The highest BCUT2D eigenvalue weighted by atomic mass is 32.2. The molecule has 1 aliphatic heterocycles. The van der Waals surface area contributed by atoms with Crippen LogP contribution in [0.4, 0.5) is 0 Å². The number of hydrogen-bond acceptors (Lipinski definition) is 4. The van der Waals surface area contributed by atoms with Crippen molar-refractivity contribution in [3.63, 3.8) is 0 Å². The monoisotopic (exact) mass is 262 g/mol. The first kappa shape index (κ1) is 13.3. The van der Waals surface area contributed by atoms with Gasteiger partial charge in [-0.05, 0) is 31.6 Å². The molecule has 1 unspecified atom stereocenters. The van der Waals surface area contributed by atoms with E-state index in [1.807, 2.05) is 0 Å². The lowest BCUT2D eigenvalue weighted by Gasteiger charge is -2.32. The highest BCUT2D eigenvalue weighted by molar-refractivity contribution is 7.89. The zero-order valence-corrected chi connectivity index (χ0v) is 11.2. The molecule has 100 valence electrons. The highest BCUT2D eigenvalue weighted by Crippen LogP contribution is 2.36. The third-order valence-electron chi connectivity index (χ3n) is 3.87. The Morgan fingerprint density at radius 1 is 1.29 bits per heavy atom. The van der Waals surface area contributed by atoms with E-state index in [-0.39, 0.29) is 11.3 Å². The molecule has 1 aliphatic carbocycles. The van der Waals surface area contributed by atoms with Crippen LogP contribution in [0, 0.1) is 5.92 Å². The van der Waals surface area contributed by atoms with Crippen molar-refractivity contribution in [1.82, 2.24) is 4.31 Å². The van der Waals surface area contributed by atoms with Crippen LogP contribution < -0.4 is 5.73 Å². The van der Waals surface area contributed by atoms with Crippen LogP contribution in [0.15, 0.2) is 0 Å². The summed E-state index contributed by atoms with van der Waals surface area (Å²) in [6, 6.07) is -0.0113. The van der Waals surface area contributed by atoms with Gasteiger partial charge in [0.1, 0.15) is 0 Å². The Morgan fingerprint density at radius 2 is 1.88 bits per heavy atom. The smallest absolute Gasteiger partial charge is 0.217 e. The fourth-order valence-corrected chi connectivity index (χ4v) is 4.41. The molecule has 0 aromatic carbocycles. The average Bonchev–Trinajstić information content (AvgIpc) is 3.15. The number of likely N-dealkylation sites (N-methyl/N-ethyl adjacent to an activating group) is 1. The zero-order valence-electron chi connectivity index (χ0n) is 10.3. The first-order chi connectivity index (χ1) is 8.07. The molecule has 0 bridgehead atoms. The molecule has 0 spiro atoms. The minimum atomic E-state index is -3.21. The minimum Gasteiger partial charge on any atom is -0.381 e. The van der Waals surface area contributed by atoms with Crippen LogP contribution in [-0.2, 0) is 14.8 Å². The number of ether oxygens (including phenoxy) is 1. The topological polar surface area (TPSA) is 72.6 Å². The normalized spacial score (nSPS) is 25.1. The van der Waals surface area contributed by atoms with Crippen LogP contribution in [0.3, 0.4) is 0 Å². The minimum absolute atomic E-state index is 0.0113. The van der Waals surface area contributed by atoms with Gasteiger partial charge < -0.3 is 10.5 Å². The summed E-state index contributed by atoms with van der Waals surface area (Å²) in [7, 11) is -1.52. The Bertz CT molecular complexity index is 348. The number of sulfonamides is 1. The summed E-state index contributed by atoms with van der Waals surface area (Å²) in [5.41, 5.74) is 5.71. The molecule has 1 atom stereocenters. The fourth-order valence-electron chi connectivity index (χ4n) is 2.52. The number of nitrogens with zero attached hydrogens (tertiary/aromatic N) is 1. The van der Waals surface area contributed by atoms with Crippen LogP contribution >= 0.6 is 0 Å². The summed E-state index contributed by atoms with van der Waals surface area (Å²) in [6.45, 7) is 1.52. The van der Waals surface area contributed by atoms with E-state index in [4.69, 9.17) is 10.5 Å². The van der Waals surface area contributed by atoms with Crippen molar-refractivity contribution in [2.45, 2.75) is 37.0 Å². The molecule has 17 heavy (non-hydrogen) atoms. The fraction of sp³-hybridized carbons (Fsp3) is 1.00.